The number of hydrogen-bond acceptors (Lipinski definition) is 15. The number of carboxylic acids is 1. The molecule has 0 heterocycles. The van der Waals surface area contributed by atoms with Gasteiger partial charge in [-0.3, -0.25) is 43.2 Å². The number of carbonyl (C=O) groups excluding carboxylic acids is 7. The van der Waals surface area contributed by atoms with Gasteiger partial charge in [-0.1, -0.05) is 203 Å². The minimum absolute atomic E-state index is 0.0956. The molecule has 0 aliphatic rings. The lowest BCUT2D eigenvalue weighted by molar-refractivity contribution is -0.161. The summed E-state index contributed by atoms with van der Waals surface area (Å²) in [5.41, 5.74) is 7.67. The number of amides is 5. The van der Waals surface area contributed by atoms with Gasteiger partial charge in [-0.25, -0.2) is 0 Å². The number of carboxylic acid groups (broad SMARTS) is 1. The zero-order chi connectivity index (χ0) is 57.9. The zero-order valence-electron chi connectivity index (χ0n) is 46.4. The van der Waals surface area contributed by atoms with Crippen LogP contribution in [0.3, 0.4) is 0 Å². The van der Waals surface area contributed by atoms with Gasteiger partial charge in [0.05, 0.1) is 19.6 Å². The van der Waals surface area contributed by atoms with Crippen molar-refractivity contribution in [3.63, 3.8) is 0 Å². The smallest absolute Gasteiger partial charge is 0.325 e. The van der Waals surface area contributed by atoms with Gasteiger partial charge in [0.1, 0.15) is 43.4 Å². The number of nitrogens with one attached hydrogen (secondary N) is 5. The van der Waals surface area contributed by atoms with E-state index in [0.29, 0.717) is 12.8 Å². The minimum atomic E-state index is -1.95. The predicted molar refractivity (Wildman–Crippen MR) is 301 cm³/mol. The summed E-state index contributed by atoms with van der Waals surface area (Å²) in [7, 11) is 0. The standard InChI is InChI=1S/C53H95Cl3N6O14S/c1-5-7-9-11-13-15-17-19-21-23-25-27-29-31-45(66)74-37-52(4,76-46(67)32-30-28-26-24-22-20-18-16-14-12-10-8-6-2)77-36-43(62-75-38-53(54,55)56)50(71)61-42(35-64)49(70)60-41(34-63)48(69)59-40(33-44(57)65)47(68)58-39(3)51(72)73/h39-43,62-64H,5-38H2,1-4H3,(H2,57,65)(H,58,68)(H,59,69)(H,60,70)(H,61,71)(H,72,73)/t39-,40-,41-,42-,43-,52+/m0/s1. The summed E-state index contributed by atoms with van der Waals surface area (Å²) in [5.74, 6) is -8.31. The van der Waals surface area contributed by atoms with Crippen molar-refractivity contribution in [3.8, 4) is 0 Å². The number of alkyl halides is 3. The predicted octanol–water partition coefficient (Wildman–Crippen LogP) is 7.65. The number of primary amides is 1. The normalized spacial score (nSPS) is 14.2. The van der Waals surface area contributed by atoms with Crippen LogP contribution in [0, 0.1) is 0 Å². The molecule has 24 heteroatoms. The number of halogens is 3. The van der Waals surface area contributed by atoms with Gasteiger partial charge in [0.2, 0.25) is 33.3 Å². The first-order valence-electron chi connectivity index (χ1n) is 28.0. The molecular formula is C53H95Cl3N6O14S. The number of aliphatic carboxylic acids is 1. The monoisotopic (exact) mass is 1180 g/mol. The number of ether oxygens (including phenoxy) is 2. The van der Waals surface area contributed by atoms with Gasteiger partial charge in [-0.2, -0.15) is 5.48 Å². The molecule has 448 valence electrons. The van der Waals surface area contributed by atoms with Gasteiger partial charge >= 0.3 is 17.9 Å². The second-order valence-electron chi connectivity index (χ2n) is 19.9. The summed E-state index contributed by atoms with van der Waals surface area (Å²) in [6, 6.07) is -8.20. The van der Waals surface area contributed by atoms with Gasteiger partial charge in [-0.15, -0.1) is 11.8 Å². The number of esters is 2. The van der Waals surface area contributed by atoms with Crippen LogP contribution in [-0.4, -0.2) is 134 Å². The van der Waals surface area contributed by atoms with Crippen molar-refractivity contribution in [3.05, 3.63) is 0 Å². The molecule has 20 nitrogen and oxygen atoms in total. The molecule has 0 aromatic carbocycles. The fourth-order valence-corrected chi connectivity index (χ4v) is 9.09. The van der Waals surface area contributed by atoms with Gasteiger partial charge in [-0.05, 0) is 26.7 Å². The van der Waals surface area contributed by atoms with Crippen LogP contribution >= 0.6 is 46.6 Å². The molecule has 10 N–H and O–H groups in total. The lowest BCUT2D eigenvalue weighted by Gasteiger charge is -2.30. The molecule has 0 aliphatic carbocycles. The van der Waals surface area contributed by atoms with Gasteiger partial charge in [0.15, 0.2) is 4.93 Å². The molecular weight excluding hydrogens is 1080 g/mol. The summed E-state index contributed by atoms with van der Waals surface area (Å²) in [5, 5.41) is 38.0. The second kappa shape index (κ2) is 45.5. The molecule has 0 radical (unpaired) electrons. The van der Waals surface area contributed by atoms with Crippen molar-refractivity contribution in [2.45, 2.75) is 253 Å². The van der Waals surface area contributed by atoms with E-state index in [1.165, 1.54) is 110 Å². The van der Waals surface area contributed by atoms with Crippen molar-refractivity contribution in [1.82, 2.24) is 26.7 Å². The third kappa shape index (κ3) is 40.6. The Balaban J connectivity index is 5.92. The van der Waals surface area contributed by atoms with Crippen LogP contribution in [0.2, 0.25) is 0 Å². The number of carbonyl (C=O) groups is 8. The molecule has 0 spiro atoms. The van der Waals surface area contributed by atoms with Crippen molar-refractivity contribution in [2.75, 3.05) is 32.2 Å². The Morgan fingerprint density at radius 1 is 0.532 bits per heavy atom. The molecule has 0 bridgehead atoms. The number of hydroxylamine groups is 1. The first-order valence-corrected chi connectivity index (χ1v) is 30.1. The quantitative estimate of drug-likeness (QED) is 0.00929. The van der Waals surface area contributed by atoms with E-state index in [1.807, 2.05) is 0 Å². The number of unbranched alkanes of at least 4 members (excludes halogenated alkanes) is 24. The summed E-state index contributed by atoms with van der Waals surface area (Å²) in [6.45, 7) is 4.01. The highest BCUT2D eigenvalue weighted by Crippen LogP contribution is 2.30. The highest BCUT2D eigenvalue weighted by molar-refractivity contribution is 8.00. The van der Waals surface area contributed by atoms with Crippen LogP contribution in [0.15, 0.2) is 0 Å². The van der Waals surface area contributed by atoms with E-state index >= 15 is 0 Å². The van der Waals surface area contributed by atoms with E-state index in [4.69, 9.17) is 60.0 Å². The van der Waals surface area contributed by atoms with Crippen molar-refractivity contribution in [1.29, 1.82) is 0 Å². The minimum Gasteiger partial charge on any atom is -0.480 e. The Morgan fingerprint density at radius 2 is 0.896 bits per heavy atom. The highest BCUT2D eigenvalue weighted by Gasteiger charge is 2.36. The van der Waals surface area contributed by atoms with Crippen molar-refractivity contribution >= 4 is 94.0 Å². The third-order valence-electron chi connectivity index (χ3n) is 12.5. The van der Waals surface area contributed by atoms with Gasteiger partial charge in [0.25, 0.3) is 0 Å². The fraction of sp³-hybridized carbons (Fsp3) is 0.849. The molecule has 0 saturated carbocycles. The molecule has 77 heavy (non-hydrogen) atoms. The molecule has 0 unspecified atom stereocenters. The summed E-state index contributed by atoms with van der Waals surface area (Å²) in [6.07, 6.45) is 29.0. The Labute approximate surface area is 477 Å². The first kappa shape index (κ1) is 73.8. The highest BCUT2D eigenvalue weighted by atomic mass is 35.6. The van der Waals surface area contributed by atoms with Crippen LogP contribution in [0.5, 0.6) is 0 Å². The van der Waals surface area contributed by atoms with Crippen LogP contribution < -0.4 is 32.5 Å². The first-order chi connectivity index (χ1) is 36.6. The van der Waals surface area contributed by atoms with Gasteiger partial charge in [0, 0.05) is 18.6 Å². The van der Waals surface area contributed by atoms with Crippen molar-refractivity contribution < 1.29 is 68.0 Å². The van der Waals surface area contributed by atoms with Crippen LogP contribution in [0.4, 0.5) is 0 Å². The molecule has 0 saturated heterocycles. The molecule has 0 fully saturated rings. The molecule has 5 amide bonds. The lowest BCUT2D eigenvalue weighted by atomic mass is 10.0. The van der Waals surface area contributed by atoms with E-state index in [1.54, 1.807) is 0 Å². The number of nitrogens with two attached hydrogens (primary N) is 1. The average molecular weight is 1180 g/mol. The van der Waals surface area contributed by atoms with Gasteiger partial charge < -0.3 is 51.8 Å². The van der Waals surface area contributed by atoms with E-state index in [0.717, 1.165) is 70.1 Å². The maximum absolute atomic E-state index is 13.9. The van der Waals surface area contributed by atoms with E-state index in [-0.39, 0.29) is 25.2 Å². The molecule has 0 rings (SSSR count). The molecule has 6 atom stereocenters. The maximum atomic E-state index is 13.9. The number of hydrogen-bond donors (Lipinski definition) is 9. The topological polar surface area (TPSA) is 311 Å². The van der Waals surface area contributed by atoms with E-state index < -0.39 is 113 Å². The molecule has 0 aromatic heterocycles. The summed E-state index contributed by atoms with van der Waals surface area (Å²) in [4.78, 5) is 106. The number of rotatable bonds is 50. The second-order valence-corrected chi connectivity index (χ2v) is 23.9. The lowest BCUT2D eigenvalue weighted by Crippen LogP contribution is -2.60. The Hall–Kier alpha value is -3.18. The number of aliphatic hydroxyl groups is 2. The summed E-state index contributed by atoms with van der Waals surface area (Å²) >= 11 is 18.5. The molecule has 0 aliphatic heterocycles. The van der Waals surface area contributed by atoms with Crippen LogP contribution in [0.1, 0.15) is 214 Å². The van der Waals surface area contributed by atoms with Crippen molar-refractivity contribution in [2.24, 2.45) is 5.73 Å². The maximum Gasteiger partial charge on any atom is 0.325 e. The Morgan fingerprint density at radius 3 is 1.27 bits per heavy atom. The van der Waals surface area contributed by atoms with Crippen LogP contribution in [0.25, 0.3) is 0 Å². The number of aliphatic hydroxyl groups excluding tert-OH is 2. The van der Waals surface area contributed by atoms with Crippen LogP contribution in [-0.2, 0) is 52.7 Å². The SMILES string of the molecule is CCCCCCCCCCCCCCCC(=O)OC[C@](C)(OC(=O)CCCCCCCCCCCCCCC)SC[C@H](NOCC(Cl)(Cl)Cl)C(=O)N[C@@H](CO)C(=O)N[C@@H](CO)C(=O)N[C@@H](CC(N)=O)C(=O)N[C@@H](C)C(=O)O. The number of thioether (sulfide) groups is 1. The Kier molecular flexibility index (Phi) is 43.7. The van der Waals surface area contributed by atoms with E-state index in [2.05, 4.69) is 40.6 Å². The zero-order valence-corrected chi connectivity index (χ0v) is 49.5. The molecule has 0 aromatic rings. The third-order valence-corrected chi connectivity index (χ3v) is 14.2. The largest absolute Gasteiger partial charge is 0.480 e. The average Bonchev–Trinajstić information content (AvgIpc) is 3.37. The fourth-order valence-electron chi connectivity index (χ4n) is 7.89. The summed E-state index contributed by atoms with van der Waals surface area (Å²) < 4.78 is 9.68. The Bertz CT molecular complexity index is 1690. The van der Waals surface area contributed by atoms with E-state index in [9.17, 15) is 48.6 Å².